The van der Waals surface area contributed by atoms with E-state index in [2.05, 4.69) is 10.3 Å². The molecule has 0 saturated carbocycles. The summed E-state index contributed by atoms with van der Waals surface area (Å²) in [5, 5.41) is 6.02. The minimum absolute atomic E-state index is 0.0700. The lowest BCUT2D eigenvalue weighted by molar-refractivity contribution is -0.123. The van der Waals surface area contributed by atoms with Crippen LogP contribution in [0.2, 0.25) is 0 Å². The third kappa shape index (κ3) is 5.17. The Morgan fingerprint density at radius 3 is 2.28 bits per heavy atom. The Morgan fingerprint density at radius 2 is 1.59 bits per heavy atom. The summed E-state index contributed by atoms with van der Waals surface area (Å²) in [6.07, 6.45) is -1.14. The Hall–Kier alpha value is -4.76. The van der Waals surface area contributed by atoms with Gasteiger partial charge >= 0.3 is 5.97 Å². The van der Waals surface area contributed by atoms with E-state index in [1.54, 1.807) is 25.3 Å². The van der Waals surface area contributed by atoms with Crippen molar-refractivity contribution in [2.45, 2.75) is 13.0 Å². The molecular weight excluding hydrogens is 514 g/mol. The Morgan fingerprint density at radius 1 is 0.923 bits per heavy atom. The number of methoxy groups -OCH3 is 1. The summed E-state index contributed by atoms with van der Waals surface area (Å²) in [5.74, 6) is -0.580. The monoisotopic (exact) mass is 539 g/mol. The Bertz CT molecular complexity index is 1730. The van der Waals surface area contributed by atoms with Gasteiger partial charge in [-0.2, -0.15) is 0 Å². The van der Waals surface area contributed by atoms with Crippen LogP contribution in [0.25, 0.3) is 33.2 Å². The van der Waals surface area contributed by atoms with Gasteiger partial charge in [-0.3, -0.25) is 14.9 Å². The van der Waals surface area contributed by atoms with Gasteiger partial charge in [0, 0.05) is 28.9 Å². The van der Waals surface area contributed by atoms with Crippen molar-refractivity contribution < 1.29 is 19.1 Å². The fourth-order valence-corrected chi connectivity index (χ4v) is 5.03. The molecule has 39 heavy (non-hydrogen) atoms. The number of esters is 1. The number of pyridine rings is 1. The first-order chi connectivity index (χ1) is 18.9. The van der Waals surface area contributed by atoms with Gasteiger partial charge in [-0.05, 0) is 48.2 Å². The molecule has 0 spiro atoms. The standard InChI is InChI=1S/C30H25N3O5S/c1-18(27(34)32-30-31-24(17-39-30)19-13-15-21(37-3)16-14-19)38-29(36)26-25(20-9-5-4-6-10-20)22-11-7-8-12-23(22)28(35)33(26)2/h4-18H,1-3H3,(H,31,32,34). The molecule has 0 radical (unpaired) electrons. The van der Waals surface area contributed by atoms with Crippen LogP contribution >= 0.6 is 11.3 Å². The molecule has 196 valence electrons. The van der Waals surface area contributed by atoms with Crippen molar-refractivity contribution in [3.63, 3.8) is 0 Å². The first-order valence-electron chi connectivity index (χ1n) is 12.2. The first kappa shape index (κ1) is 25.9. The highest BCUT2D eigenvalue weighted by Crippen LogP contribution is 2.31. The van der Waals surface area contributed by atoms with Gasteiger partial charge in [0.15, 0.2) is 11.2 Å². The minimum atomic E-state index is -1.14. The molecule has 0 aliphatic rings. The quantitative estimate of drug-likeness (QED) is 0.273. The van der Waals surface area contributed by atoms with E-state index in [1.165, 1.54) is 29.9 Å². The van der Waals surface area contributed by atoms with Gasteiger partial charge in [0.1, 0.15) is 11.4 Å². The summed E-state index contributed by atoms with van der Waals surface area (Å²) >= 11 is 1.26. The van der Waals surface area contributed by atoms with Gasteiger partial charge < -0.3 is 14.0 Å². The third-order valence-corrected chi connectivity index (χ3v) is 7.09. The third-order valence-electron chi connectivity index (χ3n) is 6.33. The molecule has 1 amide bonds. The number of ether oxygens (including phenoxy) is 2. The topological polar surface area (TPSA) is 99.5 Å². The van der Waals surface area contributed by atoms with Crippen molar-refractivity contribution >= 4 is 39.1 Å². The molecule has 9 heteroatoms. The lowest BCUT2D eigenvalue weighted by atomic mass is 9.97. The molecule has 2 heterocycles. The van der Waals surface area contributed by atoms with Gasteiger partial charge in [0.2, 0.25) is 0 Å². The number of aromatic nitrogens is 2. The van der Waals surface area contributed by atoms with E-state index in [1.807, 2.05) is 66.0 Å². The van der Waals surface area contributed by atoms with Crippen LogP contribution in [-0.2, 0) is 16.6 Å². The lowest BCUT2D eigenvalue weighted by Crippen LogP contribution is -2.32. The van der Waals surface area contributed by atoms with E-state index in [0.29, 0.717) is 27.2 Å². The molecule has 0 bridgehead atoms. The zero-order valence-corrected chi connectivity index (χ0v) is 22.3. The molecule has 0 aliphatic carbocycles. The first-order valence-corrected chi connectivity index (χ1v) is 13.0. The van der Waals surface area contributed by atoms with Crippen LogP contribution in [0.5, 0.6) is 5.75 Å². The molecule has 1 atom stereocenters. The predicted octanol–water partition coefficient (Wildman–Crippen LogP) is 5.52. The van der Waals surface area contributed by atoms with Crippen molar-refractivity contribution in [3.05, 3.63) is 100 Å². The van der Waals surface area contributed by atoms with E-state index < -0.39 is 18.0 Å². The summed E-state index contributed by atoms with van der Waals surface area (Å²) in [6, 6.07) is 23.8. The van der Waals surface area contributed by atoms with Gasteiger partial charge in [-0.1, -0.05) is 48.5 Å². The molecule has 2 aromatic heterocycles. The smallest absolute Gasteiger partial charge is 0.356 e. The normalized spacial score (nSPS) is 11.7. The number of carbonyl (C=O) groups is 2. The van der Waals surface area contributed by atoms with Gasteiger partial charge in [0.25, 0.3) is 11.5 Å². The highest BCUT2D eigenvalue weighted by Gasteiger charge is 2.26. The number of hydrogen-bond acceptors (Lipinski definition) is 7. The van der Waals surface area contributed by atoms with Crippen molar-refractivity contribution in [1.82, 2.24) is 9.55 Å². The maximum Gasteiger partial charge on any atom is 0.356 e. The highest BCUT2D eigenvalue weighted by molar-refractivity contribution is 7.14. The summed E-state index contributed by atoms with van der Waals surface area (Å²) in [6.45, 7) is 1.48. The lowest BCUT2D eigenvalue weighted by Gasteiger charge is -2.18. The SMILES string of the molecule is COc1ccc(-c2csc(NC(=O)C(C)OC(=O)c3c(-c4ccccc4)c4ccccc4c(=O)n3C)n2)cc1. The summed E-state index contributed by atoms with van der Waals surface area (Å²) < 4.78 is 12.0. The van der Waals surface area contributed by atoms with Gasteiger partial charge in [-0.25, -0.2) is 9.78 Å². The molecule has 8 nitrogen and oxygen atoms in total. The fourth-order valence-electron chi connectivity index (χ4n) is 4.30. The van der Waals surface area contributed by atoms with Crippen molar-refractivity contribution in [2.24, 2.45) is 7.05 Å². The van der Waals surface area contributed by atoms with Crippen LogP contribution in [0, 0.1) is 0 Å². The van der Waals surface area contributed by atoms with Gasteiger partial charge in [-0.15, -0.1) is 11.3 Å². The maximum absolute atomic E-state index is 13.5. The molecule has 5 aromatic rings. The van der Waals surface area contributed by atoms with Gasteiger partial charge in [0.05, 0.1) is 12.8 Å². The number of thiazole rings is 1. The van der Waals surface area contributed by atoms with E-state index in [0.717, 1.165) is 16.9 Å². The Balaban J connectivity index is 1.39. The summed E-state index contributed by atoms with van der Waals surface area (Å²) in [7, 11) is 3.13. The second kappa shape index (κ2) is 10.9. The van der Waals surface area contributed by atoms with Crippen molar-refractivity contribution in [2.75, 3.05) is 12.4 Å². The van der Waals surface area contributed by atoms with E-state index in [9.17, 15) is 14.4 Å². The van der Waals surface area contributed by atoms with E-state index >= 15 is 0 Å². The molecular formula is C30H25N3O5S. The number of amides is 1. The maximum atomic E-state index is 13.5. The van der Waals surface area contributed by atoms with Crippen LogP contribution in [0.15, 0.2) is 89.0 Å². The number of nitrogens with one attached hydrogen (secondary N) is 1. The zero-order valence-electron chi connectivity index (χ0n) is 21.5. The number of anilines is 1. The molecule has 5 rings (SSSR count). The highest BCUT2D eigenvalue weighted by atomic mass is 32.1. The second-order valence-corrected chi connectivity index (χ2v) is 9.66. The molecule has 1 N–H and O–H groups in total. The average Bonchev–Trinajstić information content (AvgIpc) is 3.43. The molecule has 0 aliphatic heterocycles. The number of nitrogens with zero attached hydrogens (tertiary/aromatic N) is 2. The molecule has 3 aromatic carbocycles. The molecule has 1 unspecified atom stereocenters. The van der Waals surface area contributed by atoms with E-state index in [-0.39, 0.29) is 11.3 Å². The zero-order chi connectivity index (χ0) is 27.5. The Kier molecular flexibility index (Phi) is 7.25. The summed E-state index contributed by atoms with van der Waals surface area (Å²) in [4.78, 5) is 44.0. The van der Waals surface area contributed by atoms with Crippen LogP contribution in [-0.4, -0.2) is 34.6 Å². The van der Waals surface area contributed by atoms with Crippen molar-refractivity contribution in [3.8, 4) is 28.1 Å². The van der Waals surface area contributed by atoms with E-state index in [4.69, 9.17) is 9.47 Å². The van der Waals surface area contributed by atoms with Crippen LogP contribution < -0.4 is 15.6 Å². The number of carbonyl (C=O) groups excluding carboxylic acids is 2. The Labute approximate surface area is 228 Å². The average molecular weight is 540 g/mol. The fraction of sp³-hybridized carbons (Fsp3) is 0.133. The van der Waals surface area contributed by atoms with Crippen LogP contribution in [0.1, 0.15) is 17.4 Å². The van der Waals surface area contributed by atoms with Crippen LogP contribution in [0.3, 0.4) is 0 Å². The second-order valence-electron chi connectivity index (χ2n) is 8.80. The largest absolute Gasteiger partial charge is 0.497 e. The predicted molar refractivity (Wildman–Crippen MR) is 152 cm³/mol. The molecule has 0 fully saturated rings. The van der Waals surface area contributed by atoms with Crippen LogP contribution in [0.4, 0.5) is 5.13 Å². The number of rotatable bonds is 7. The number of hydrogen-bond donors (Lipinski definition) is 1. The number of fused-ring (bicyclic) bond motifs is 1. The number of benzene rings is 3. The molecule has 0 saturated heterocycles. The minimum Gasteiger partial charge on any atom is -0.497 e. The van der Waals surface area contributed by atoms with Crippen molar-refractivity contribution in [1.29, 1.82) is 0 Å². The summed E-state index contributed by atoms with van der Waals surface area (Å²) in [5.41, 5.74) is 2.62.